The van der Waals surface area contributed by atoms with Gasteiger partial charge in [0.15, 0.2) is 11.5 Å². The Morgan fingerprint density at radius 3 is 3.07 bits per heavy atom. The van der Waals surface area contributed by atoms with Crippen molar-refractivity contribution >= 4 is 6.21 Å². The van der Waals surface area contributed by atoms with E-state index >= 15 is 0 Å². The van der Waals surface area contributed by atoms with E-state index in [1.165, 1.54) is 0 Å². The van der Waals surface area contributed by atoms with Gasteiger partial charge in [-0.2, -0.15) is 0 Å². The third-order valence-corrected chi connectivity index (χ3v) is 2.41. The molecule has 4 nitrogen and oxygen atoms in total. The molecule has 1 aromatic rings. The minimum absolute atomic E-state index is 0.212. The smallest absolute Gasteiger partial charge is 0.231 e. The number of nitrogens with zero attached hydrogens (tertiary/aromatic N) is 1. The van der Waals surface area contributed by atoms with E-state index < -0.39 is 0 Å². The number of hydrogen-bond donors (Lipinski definition) is 1. The van der Waals surface area contributed by atoms with Gasteiger partial charge in [-0.15, -0.1) is 0 Å². The lowest BCUT2D eigenvalue weighted by molar-refractivity contribution is 0.174. The molecule has 1 aromatic carbocycles. The van der Waals surface area contributed by atoms with E-state index in [0.29, 0.717) is 13.5 Å². The fourth-order valence-corrected chi connectivity index (χ4v) is 1.67. The lowest BCUT2D eigenvalue weighted by atomic mass is 10.1. The molecule has 0 amide bonds. The van der Waals surface area contributed by atoms with E-state index in [9.17, 15) is 0 Å². The summed E-state index contributed by atoms with van der Waals surface area (Å²) in [6, 6.07) is 6.18. The molecular weight excluding hydrogens is 180 g/mol. The van der Waals surface area contributed by atoms with Crippen molar-refractivity contribution < 1.29 is 9.47 Å². The molecule has 2 aliphatic rings. The van der Waals surface area contributed by atoms with Gasteiger partial charge in [-0.3, -0.25) is 10.3 Å². The zero-order valence-electron chi connectivity index (χ0n) is 7.56. The minimum Gasteiger partial charge on any atom is -0.454 e. The normalized spacial score (nSPS) is 23.0. The van der Waals surface area contributed by atoms with E-state index in [2.05, 4.69) is 10.3 Å². The molecule has 0 spiro atoms. The third-order valence-electron chi connectivity index (χ3n) is 2.41. The van der Waals surface area contributed by atoms with E-state index in [4.69, 9.17) is 9.47 Å². The maximum absolute atomic E-state index is 5.30. The first-order valence-electron chi connectivity index (χ1n) is 4.56. The lowest BCUT2D eigenvalue weighted by Gasteiger charge is -2.08. The summed E-state index contributed by atoms with van der Waals surface area (Å²) in [4.78, 5) is 4.13. The van der Waals surface area contributed by atoms with Gasteiger partial charge in [0.25, 0.3) is 0 Å². The Morgan fingerprint density at radius 1 is 1.29 bits per heavy atom. The Morgan fingerprint density at radius 2 is 2.21 bits per heavy atom. The number of rotatable bonds is 1. The number of nitrogens with one attached hydrogen (secondary N) is 1. The highest BCUT2D eigenvalue weighted by Crippen LogP contribution is 2.34. The number of fused-ring (bicyclic) bond motifs is 1. The van der Waals surface area contributed by atoms with Crippen molar-refractivity contribution in [2.24, 2.45) is 4.99 Å². The minimum atomic E-state index is 0.212. The SMILES string of the molecule is C1=NCNC1c1ccc2c(c1)OCO2. The van der Waals surface area contributed by atoms with Crippen molar-refractivity contribution in [2.75, 3.05) is 13.5 Å². The van der Waals surface area contributed by atoms with Crippen molar-refractivity contribution in [3.8, 4) is 11.5 Å². The lowest BCUT2D eigenvalue weighted by Crippen LogP contribution is -2.15. The van der Waals surface area contributed by atoms with Crippen LogP contribution in [0, 0.1) is 0 Å². The van der Waals surface area contributed by atoms with Gasteiger partial charge in [-0.05, 0) is 17.7 Å². The molecule has 3 rings (SSSR count). The summed E-state index contributed by atoms with van der Waals surface area (Å²) in [5.41, 5.74) is 1.16. The fourth-order valence-electron chi connectivity index (χ4n) is 1.67. The first-order chi connectivity index (χ1) is 6.93. The second-order valence-electron chi connectivity index (χ2n) is 3.28. The van der Waals surface area contributed by atoms with Crippen molar-refractivity contribution in [2.45, 2.75) is 6.04 Å². The van der Waals surface area contributed by atoms with Crippen molar-refractivity contribution in [1.82, 2.24) is 5.32 Å². The average Bonchev–Trinajstić information content (AvgIpc) is 2.88. The van der Waals surface area contributed by atoms with E-state index in [-0.39, 0.29) is 6.04 Å². The third kappa shape index (κ3) is 1.15. The molecule has 0 aromatic heterocycles. The molecule has 0 saturated carbocycles. The first-order valence-corrected chi connectivity index (χ1v) is 4.56. The maximum atomic E-state index is 5.30. The van der Waals surface area contributed by atoms with E-state index in [1.54, 1.807) is 0 Å². The predicted molar refractivity (Wildman–Crippen MR) is 51.8 cm³/mol. The van der Waals surface area contributed by atoms with Gasteiger partial charge in [0.1, 0.15) is 0 Å². The Balaban J connectivity index is 1.95. The van der Waals surface area contributed by atoms with Crippen LogP contribution in [0.2, 0.25) is 0 Å². The van der Waals surface area contributed by atoms with Crippen LogP contribution < -0.4 is 14.8 Å². The zero-order chi connectivity index (χ0) is 9.38. The van der Waals surface area contributed by atoms with Gasteiger partial charge in [0.05, 0.1) is 12.7 Å². The van der Waals surface area contributed by atoms with Gasteiger partial charge in [0, 0.05) is 6.21 Å². The molecule has 0 fully saturated rings. The largest absolute Gasteiger partial charge is 0.454 e. The molecular formula is C10H10N2O2. The van der Waals surface area contributed by atoms with Crippen LogP contribution in [0.3, 0.4) is 0 Å². The number of ether oxygens (including phenoxy) is 2. The summed E-state index contributed by atoms with van der Waals surface area (Å²) in [6.07, 6.45) is 1.91. The zero-order valence-corrected chi connectivity index (χ0v) is 7.56. The molecule has 0 aliphatic carbocycles. The highest BCUT2D eigenvalue weighted by atomic mass is 16.7. The molecule has 4 heteroatoms. The standard InChI is InChI=1S/C10H10N2O2/c1-2-9-10(14-6-13-9)3-7(1)8-4-11-5-12-8/h1-4,8,12H,5-6H2. The highest BCUT2D eigenvalue weighted by Gasteiger charge is 2.17. The van der Waals surface area contributed by atoms with Crippen LogP contribution in [-0.4, -0.2) is 19.7 Å². The summed E-state index contributed by atoms with van der Waals surface area (Å²) >= 11 is 0. The van der Waals surface area contributed by atoms with Crippen LogP contribution in [0.1, 0.15) is 11.6 Å². The predicted octanol–water partition coefficient (Wildman–Crippen LogP) is 1.09. The molecule has 72 valence electrons. The van der Waals surface area contributed by atoms with Gasteiger partial charge >= 0.3 is 0 Å². The molecule has 1 unspecified atom stereocenters. The Kier molecular flexibility index (Phi) is 1.67. The quantitative estimate of drug-likeness (QED) is 0.720. The Bertz CT molecular complexity index is 390. The number of hydrogen-bond acceptors (Lipinski definition) is 4. The van der Waals surface area contributed by atoms with Crippen molar-refractivity contribution in [3.05, 3.63) is 23.8 Å². The molecule has 0 bridgehead atoms. The fraction of sp³-hybridized carbons (Fsp3) is 0.300. The van der Waals surface area contributed by atoms with Crippen LogP contribution in [0.25, 0.3) is 0 Å². The van der Waals surface area contributed by atoms with Gasteiger partial charge in [-0.1, -0.05) is 6.07 Å². The molecule has 0 saturated heterocycles. The number of benzene rings is 1. The average molecular weight is 190 g/mol. The van der Waals surface area contributed by atoms with E-state index in [1.807, 2.05) is 24.4 Å². The summed E-state index contributed by atoms with van der Waals surface area (Å²) in [5, 5.41) is 3.25. The van der Waals surface area contributed by atoms with Crippen LogP contribution in [0.15, 0.2) is 23.2 Å². The van der Waals surface area contributed by atoms with Gasteiger partial charge < -0.3 is 9.47 Å². The monoisotopic (exact) mass is 190 g/mol. The number of aliphatic imine (C=N–C) groups is 1. The highest BCUT2D eigenvalue weighted by molar-refractivity contribution is 5.69. The Labute approximate surface area is 81.6 Å². The molecule has 14 heavy (non-hydrogen) atoms. The topological polar surface area (TPSA) is 42.9 Å². The summed E-state index contributed by atoms with van der Waals surface area (Å²) < 4.78 is 10.5. The second kappa shape index (κ2) is 2.99. The second-order valence-corrected chi connectivity index (χ2v) is 3.28. The van der Waals surface area contributed by atoms with E-state index in [0.717, 1.165) is 17.1 Å². The van der Waals surface area contributed by atoms with Gasteiger partial charge in [-0.25, -0.2) is 0 Å². The van der Waals surface area contributed by atoms with Crippen molar-refractivity contribution in [3.63, 3.8) is 0 Å². The summed E-state index contributed by atoms with van der Waals surface area (Å²) in [7, 11) is 0. The molecule has 0 radical (unpaired) electrons. The van der Waals surface area contributed by atoms with Crippen LogP contribution in [0.5, 0.6) is 11.5 Å². The molecule has 2 heterocycles. The molecule has 1 N–H and O–H groups in total. The van der Waals surface area contributed by atoms with Gasteiger partial charge in [0.2, 0.25) is 6.79 Å². The van der Waals surface area contributed by atoms with Crippen molar-refractivity contribution in [1.29, 1.82) is 0 Å². The summed E-state index contributed by atoms with van der Waals surface area (Å²) in [6.45, 7) is 1.02. The van der Waals surface area contributed by atoms with Crippen LogP contribution in [-0.2, 0) is 0 Å². The maximum Gasteiger partial charge on any atom is 0.231 e. The molecule has 2 aliphatic heterocycles. The Hall–Kier alpha value is -1.55. The van der Waals surface area contributed by atoms with Crippen LogP contribution >= 0.6 is 0 Å². The van der Waals surface area contributed by atoms with Crippen LogP contribution in [0.4, 0.5) is 0 Å². The first kappa shape index (κ1) is 7.82. The summed E-state index contributed by atoms with van der Waals surface area (Å²) in [5.74, 6) is 1.65. The molecule has 1 atom stereocenters.